The van der Waals surface area contributed by atoms with Gasteiger partial charge in [-0.2, -0.15) is 12.6 Å². The van der Waals surface area contributed by atoms with Crippen molar-refractivity contribution < 1.29 is 10.2 Å². The zero-order chi connectivity index (χ0) is 21.1. The molecule has 2 saturated carbocycles. The predicted octanol–water partition coefficient (Wildman–Crippen LogP) is 6.89. The van der Waals surface area contributed by atoms with Gasteiger partial charge in [0.2, 0.25) is 0 Å². The summed E-state index contributed by atoms with van der Waals surface area (Å²) in [6.45, 7) is 2.37. The van der Waals surface area contributed by atoms with E-state index in [-0.39, 0.29) is 11.5 Å². The fourth-order valence-corrected chi connectivity index (χ4v) is 7.66. The van der Waals surface area contributed by atoms with E-state index in [4.69, 9.17) is 0 Å². The molecule has 4 unspecified atom stereocenters. The van der Waals surface area contributed by atoms with Gasteiger partial charge in [-0.15, -0.1) is 0 Å². The number of aliphatic hydroxyl groups excluding tert-OH is 1. The molecule has 2 nitrogen and oxygen atoms in total. The molecule has 0 aromatic heterocycles. The summed E-state index contributed by atoms with van der Waals surface area (Å²) < 4.78 is 0. The fourth-order valence-electron chi connectivity index (χ4n) is 7.43. The summed E-state index contributed by atoms with van der Waals surface area (Å²) in [6, 6.07) is 6.13. The fraction of sp³-hybridized carbons (Fsp3) is 0.778. The Morgan fingerprint density at radius 2 is 1.73 bits per heavy atom. The van der Waals surface area contributed by atoms with E-state index in [2.05, 4.69) is 25.6 Å². The van der Waals surface area contributed by atoms with Crippen LogP contribution in [0.4, 0.5) is 0 Å². The molecule has 1 aromatic carbocycles. The molecule has 0 spiro atoms. The first-order valence-corrected chi connectivity index (χ1v) is 13.3. The van der Waals surface area contributed by atoms with E-state index in [1.165, 1.54) is 75.3 Å². The average molecular weight is 431 g/mol. The lowest BCUT2D eigenvalue weighted by molar-refractivity contribution is -0.0396. The number of phenolic OH excluding ortho intramolecular Hbond substituents is 1. The molecule has 0 aliphatic heterocycles. The van der Waals surface area contributed by atoms with Gasteiger partial charge in [0.05, 0.1) is 6.10 Å². The van der Waals surface area contributed by atoms with Gasteiger partial charge in [-0.25, -0.2) is 0 Å². The summed E-state index contributed by atoms with van der Waals surface area (Å²) in [4.78, 5) is 0. The van der Waals surface area contributed by atoms with Crippen molar-refractivity contribution in [3.8, 4) is 5.75 Å². The number of hydrogen-bond acceptors (Lipinski definition) is 3. The van der Waals surface area contributed by atoms with Gasteiger partial charge in [0.25, 0.3) is 0 Å². The molecule has 3 heteroatoms. The Kier molecular flexibility index (Phi) is 7.40. The summed E-state index contributed by atoms with van der Waals surface area (Å²) in [5.74, 6) is 4.17. The number of aliphatic hydroxyl groups is 1. The molecule has 0 radical (unpaired) electrons. The maximum atomic E-state index is 10.8. The first-order chi connectivity index (χ1) is 14.5. The average Bonchev–Trinajstić information content (AvgIpc) is 3.04. The standard InChI is InChI=1S/C27H42O2S/c1-27-15-14-23-22-11-10-21(28)18-20(22)17-19(26(23)24(27)12-13-25(27)29)9-7-5-3-2-4-6-8-16-30/h10-11,18-19,23-26,28-30H,2-9,12-17H2,1H3/t19?,23?,24?,25-,26?,27-/m0/s1. The van der Waals surface area contributed by atoms with Crippen molar-refractivity contribution in [2.24, 2.45) is 23.2 Å². The van der Waals surface area contributed by atoms with Crippen LogP contribution in [0.15, 0.2) is 18.2 Å². The van der Waals surface area contributed by atoms with Gasteiger partial charge in [-0.3, -0.25) is 0 Å². The van der Waals surface area contributed by atoms with E-state index in [0.29, 0.717) is 29.4 Å². The van der Waals surface area contributed by atoms with Crippen LogP contribution in [0.1, 0.15) is 101 Å². The first-order valence-electron chi connectivity index (χ1n) is 12.7. The Morgan fingerprint density at radius 3 is 2.50 bits per heavy atom. The Labute approximate surface area is 189 Å². The van der Waals surface area contributed by atoms with E-state index in [1.807, 2.05) is 12.1 Å². The van der Waals surface area contributed by atoms with Crippen LogP contribution in [-0.2, 0) is 6.42 Å². The van der Waals surface area contributed by atoms with Crippen LogP contribution in [0.25, 0.3) is 0 Å². The highest BCUT2D eigenvalue weighted by atomic mass is 32.1. The van der Waals surface area contributed by atoms with E-state index in [9.17, 15) is 10.2 Å². The summed E-state index contributed by atoms with van der Waals surface area (Å²) in [5.41, 5.74) is 3.03. The van der Waals surface area contributed by atoms with E-state index in [1.54, 1.807) is 0 Å². The number of fused-ring (bicyclic) bond motifs is 5. The molecule has 0 bridgehead atoms. The molecule has 4 rings (SSSR count). The molecule has 2 fully saturated rings. The maximum Gasteiger partial charge on any atom is 0.115 e. The van der Waals surface area contributed by atoms with Crippen LogP contribution in [0.2, 0.25) is 0 Å². The molecule has 3 aliphatic rings. The minimum absolute atomic E-state index is 0.109. The van der Waals surface area contributed by atoms with E-state index in [0.717, 1.165) is 25.0 Å². The summed E-state index contributed by atoms with van der Waals surface area (Å²) in [7, 11) is 0. The van der Waals surface area contributed by atoms with Crippen molar-refractivity contribution in [1.82, 2.24) is 0 Å². The summed E-state index contributed by atoms with van der Waals surface area (Å²) >= 11 is 4.31. The lowest BCUT2D eigenvalue weighted by Gasteiger charge is -2.53. The van der Waals surface area contributed by atoms with Gasteiger partial charge in [0.1, 0.15) is 5.75 Å². The molecule has 3 aliphatic carbocycles. The predicted molar refractivity (Wildman–Crippen MR) is 128 cm³/mol. The topological polar surface area (TPSA) is 40.5 Å². The van der Waals surface area contributed by atoms with Crippen LogP contribution in [0, 0.1) is 23.2 Å². The molecule has 6 atom stereocenters. The van der Waals surface area contributed by atoms with Crippen molar-refractivity contribution >= 4 is 12.6 Å². The normalized spacial score (nSPS) is 35.0. The molecule has 0 amide bonds. The van der Waals surface area contributed by atoms with Crippen molar-refractivity contribution in [1.29, 1.82) is 0 Å². The van der Waals surface area contributed by atoms with Gasteiger partial charge in [0, 0.05) is 0 Å². The third-order valence-corrected chi connectivity index (χ3v) is 9.38. The number of hydrogen-bond donors (Lipinski definition) is 3. The van der Waals surface area contributed by atoms with Crippen molar-refractivity contribution in [3.05, 3.63) is 29.3 Å². The van der Waals surface area contributed by atoms with Crippen LogP contribution in [0.5, 0.6) is 5.75 Å². The Hall–Kier alpha value is -0.670. The highest BCUT2D eigenvalue weighted by molar-refractivity contribution is 7.80. The van der Waals surface area contributed by atoms with Crippen LogP contribution >= 0.6 is 12.6 Å². The van der Waals surface area contributed by atoms with Crippen molar-refractivity contribution in [2.45, 2.75) is 102 Å². The number of aromatic hydroxyl groups is 1. The van der Waals surface area contributed by atoms with Gasteiger partial charge < -0.3 is 10.2 Å². The monoisotopic (exact) mass is 430 g/mol. The van der Waals surface area contributed by atoms with Crippen molar-refractivity contribution in [3.63, 3.8) is 0 Å². The highest BCUT2D eigenvalue weighted by Gasteiger charge is 2.56. The summed E-state index contributed by atoms with van der Waals surface area (Å²) in [6.07, 6.45) is 16.2. The molecule has 0 saturated heterocycles. The number of unbranched alkanes of at least 4 members (excludes halogenated alkanes) is 6. The largest absolute Gasteiger partial charge is 0.508 e. The van der Waals surface area contributed by atoms with Crippen LogP contribution in [0.3, 0.4) is 0 Å². The molecule has 0 heterocycles. The third-order valence-electron chi connectivity index (χ3n) is 9.07. The maximum absolute atomic E-state index is 10.8. The zero-order valence-electron chi connectivity index (χ0n) is 18.9. The smallest absolute Gasteiger partial charge is 0.115 e. The second-order valence-electron chi connectivity index (χ2n) is 10.8. The van der Waals surface area contributed by atoms with Gasteiger partial charge >= 0.3 is 0 Å². The second kappa shape index (κ2) is 9.86. The molecule has 30 heavy (non-hydrogen) atoms. The molecule has 1 aromatic rings. The molecular weight excluding hydrogens is 388 g/mol. The number of thiol groups is 1. The lowest BCUT2D eigenvalue weighted by atomic mass is 9.52. The first kappa shape index (κ1) is 22.5. The third kappa shape index (κ3) is 4.44. The number of phenols is 1. The minimum Gasteiger partial charge on any atom is -0.508 e. The van der Waals surface area contributed by atoms with Gasteiger partial charge in [-0.1, -0.05) is 51.5 Å². The van der Waals surface area contributed by atoms with Crippen molar-refractivity contribution in [2.75, 3.05) is 5.75 Å². The van der Waals surface area contributed by atoms with Gasteiger partial charge in [0.15, 0.2) is 0 Å². The molecular formula is C27H42O2S. The minimum atomic E-state index is -0.109. The van der Waals surface area contributed by atoms with Gasteiger partial charge in [-0.05, 0) is 103 Å². The van der Waals surface area contributed by atoms with Crippen LogP contribution < -0.4 is 0 Å². The quantitative estimate of drug-likeness (QED) is 0.295. The Balaban J connectivity index is 1.43. The van der Waals surface area contributed by atoms with Crippen LogP contribution in [-0.4, -0.2) is 22.1 Å². The summed E-state index contributed by atoms with van der Waals surface area (Å²) in [5, 5.41) is 20.9. The Bertz CT molecular complexity index is 704. The number of rotatable bonds is 9. The highest BCUT2D eigenvalue weighted by Crippen LogP contribution is 2.62. The Morgan fingerprint density at radius 1 is 1.00 bits per heavy atom. The molecule has 2 N–H and O–H groups in total. The lowest BCUT2D eigenvalue weighted by Crippen LogP contribution is -2.47. The van der Waals surface area contributed by atoms with E-state index >= 15 is 0 Å². The molecule has 168 valence electrons. The SMILES string of the molecule is C[C@]12CCC3c4ccc(O)cc4CC(CCCCCCCCCS)C3C1CC[C@@H]2O. The second-order valence-corrected chi connectivity index (χ2v) is 11.2. The van der Waals surface area contributed by atoms with E-state index < -0.39 is 0 Å². The number of benzene rings is 1. The zero-order valence-corrected chi connectivity index (χ0v) is 19.8.